The van der Waals surface area contributed by atoms with Gasteiger partial charge in [-0.1, -0.05) is 48.5 Å². The molecule has 3 rings (SSSR count). The highest BCUT2D eigenvalue weighted by Crippen LogP contribution is 2.17. The van der Waals surface area contributed by atoms with Crippen molar-refractivity contribution in [1.29, 1.82) is 0 Å². The van der Waals surface area contributed by atoms with Gasteiger partial charge in [-0.2, -0.15) is 4.80 Å². The van der Waals surface area contributed by atoms with Crippen LogP contribution < -0.4 is 5.73 Å². The Labute approximate surface area is 151 Å². The number of nitrogens with zero attached hydrogens (tertiary/aromatic N) is 4. The van der Waals surface area contributed by atoms with Crippen LogP contribution in [0.3, 0.4) is 0 Å². The van der Waals surface area contributed by atoms with Crippen molar-refractivity contribution in [2.45, 2.75) is 31.8 Å². The van der Waals surface area contributed by atoms with E-state index in [9.17, 15) is 4.79 Å². The smallest absolute Gasteiger partial charge is 0.304 e. The molecule has 7 nitrogen and oxygen atoms in total. The summed E-state index contributed by atoms with van der Waals surface area (Å²) in [6.07, 6.45) is 1.76. The second kappa shape index (κ2) is 8.35. The molecule has 0 saturated heterocycles. The predicted molar refractivity (Wildman–Crippen MR) is 97.3 cm³/mol. The van der Waals surface area contributed by atoms with E-state index in [1.165, 1.54) is 15.9 Å². The van der Waals surface area contributed by atoms with E-state index >= 15 is 0 Å². The molecule has 0 fully saturated rings. The molecule has 0 aliphatic rings. The second-order valence-electron chi connectivity index (χ2n) is 6.21. The number of benzene rings is 2. The van der Waals surface area contributed by atoms with Gasteiger partial charge in [0.05, 0.1) is 13.0 Å². The summed E-state index contributed by atoms with van der Waals surface area (Å²) in [5.74, 6) is -0.432. The summed E-state index contributed by atoms with van der Waals surface area (Å²) in [6, 6.07) is 17.9. The molecule has 7 heteroatoms. The lowest BCUT2D eigenvalue weighted by atomic mass is 10.0. The first-order valence-electron chi connectivity index (χ1n) is 8.48. The fourth-order valence-electron chi connectivity index (χ4n) is 2.73. The van der Waals surface area contributed by atoms with Gasteiger partial charge in [0.1, 0.15) is 0 Å². The Hall–Kier alpha value is -3.06. The van der Waals surface area contributed by atoms with Gasteiger partial charge in [-0.25, -0.2) is 0 Å². The molecular formula is C19H21N5O2. The monoisotopic (exact) mass is 351 g/mol. The summed E-state index contributed by atoms with van der Waals surface area (Å²) < 4.78 is 0. The van der Waals surface area contributed by atoms with Crippen LogP contribution in [0.25, 0.3) is 11.4 Å². The maximum atomic E-state index is 10.7. The molecular weight excluding hydrogens is 330 g/mol. The maximum Gasteiger partial charge on any atom is 0.304 e. The topological polar surface area (TPSA) is 107 Å². The fourth-order valence-corrected chi connectivity index (χ4v) is 2.73. The second-order valence-corrected chi connectivity index (χ2v) is 6.21. The highest BCUT2D eigenvalue weighted by molar-refractivity contribution is 5.67. The Bertz CT molecular complexity index is 863. The van der Waals surface area contributed by atoms with E-state index in [0.717, 1.165) is 18.4 Å². The van der Waals surface area contributed by atoms with Crippen molar-refractivity contribution >= 4 is 5.97 Å². The number of carboxylic acids is 1. The fraction of sp³-hybridized carbons (Fsp3) is 0.263. The van der Waals surface area contributed by atoms with Crippen LogP contribution in [0.2, 0.25) is 0 Å². The van der Waals surface area contributed by atoms with Gasteiger partial charge in [0.2, 0.25) is 5.82 Å². The molecule has 0 aliphatic carbocycles. The number of tetrazole rings is 1. The van der Waals surface area contributed by atoms with Crippen LogP contribution >= 0.6 is 0 Å². The molecule has 2 aromatic carbocycles. The first kappa shape index (κ1) is 17.8. The van der Waals surface area contributed by atoms with Crippen LogP contribution in [-0.4, -0.2) is 37.3 Å². The van der Waals surface area contributed by atoms with Gasteiger partial charge in [-0.05, 0) is 35.2 Å². The third-order valence-electron chi connectivity index (χ3n) is 4.02. The number of aryl methyl sites for hydroxylation is 2. The number of hydrogen-bond donors (Lipinski definition) is 2. The van der Waals surface area contributed by atoms with Gasteiger partial charge in [-0.3, -0.25) is 4.79 Å². The zero-order chi connectivity index (χ0) is 18.4. The van der Waals surface area contributed by atoms with Crippen LogP contribution in [-0.2, 0) is 24.2 Å². The molecule has 0 amide bonds. The number of aromatic nitrogens is 4. The van der Waals surface area contributed by atoms with Crippen molar-refractivity contribution in [3.63, 3.8) is 0 Å². The Morgan fingerprint density at radius 2 is 1.81 bits per heavy atom. The van der Waals surface area contributed by atoms with Gasteiger partial charge in [-0.15, -0.1) is 10.2 Å². The minimum absolute atomic E-state index is 0.133. The lowest BCUT2D eigenvalue weighted by molar-refractivity contribution is -0.137. The molecule has 0 aliphatic heterocycles. The van der Waals surface area contributed by atoms with Gasteiger partial charge < -0.3 is 10.8 Å². The molecule has 0 saturated carbocycles. The van der Waals surface area contributed by atoms with Crippen LogP contribution in [0.5, 0.6) is 0 Å². The first-order chi connectivity index (χ1) is 12.6. The molecule has 0 bridgehead atoms. The number of rotatable bonds is 8. The van der Waals surface area contributed by atoms with Crippen LogP contribution in [0.15, 0.2) is 54.6 Å². The van der Waals surface area contributed by atoms with Gasteiger partial charge in [0.25, 0.3) is 0 Å². The summed E-state index contributed by atoms with van der Waals surface area (Å²) in [6.45, 7) is 0.215. The molecule has 134 valence electrons. The number of hydrogen-bond acceptors (Lipinski definition) is 5. The average Bonchev–Trinajstić information content (AvgIpc) is 3.09. The quantitative estimate of drug-likeness (QED) is 0.642. The molecule has 0 spiro atoms. The third-order valence-corrected chi connectivity index (χ3v) is 4.02. The lowest BCUT2D eigenvalue weighted by Gasteiger charge is -2.06. The zero-order valence-electron chi connectivity index (χ0n) is 14.3. The highest BCUT2D eigenvalue weighted by atomic mass is 16.4. The van der Waals surface area contributed by atoms with Crippen LogP contribution in [0.1, 0.15) is 17.5 Å². The van der Waals surface area contributed by atoms with Gasteiger partial charge in [0.15, 0.2) is 0 Å². The minimum Gasteiger partial charge on any atom is -0.481 e. The van der Waals surface area contributed by atoms with Crippen molar-refractivity contribution in [2.24, 2.45) is 5.73 Å². The van der Waals surface area contributed by atoms with Crippen LogP contribution in [0, 0.1) is 0 Å². The summed E-state index contributed by atoms with van der Waals surface area (Å²) in [7, 11) is 0. The Morgan fingerprint density at radius 3 is 2.58 bits per heavy atom. The van der Waals surface area contributed by atoms with Crippen molar-refractivity contribution in [2.75, 3.05) is 0 Å². The Balaban J connectivity index is 1.65. The van der Waals surface area contributed by atoms with Gasteiger partial charge in [0, 0.05) is 11.6 Å². The van der Waals surface area contributed by atoms with E-state index < -0.39 is 12.0 Å². The summed E-state index contributed by atoms with van der Waals surface area (Å²) in [4.78, 5) is 12.0. The normalized spacial score (nSPS) is 12.0. The molecule has 1 aromatic heterocycles. The van der Waals surface area contributed by atoms with Crippen molar-refractivity contribution in [3.8, 4) is 11.4 Å². The molecule has 1 heterocycles. The molecule has 3 N–H and O–H groups in total. The van der Waals surface area contributed by atoms with E-state index in [2.05, 4.69) is 39.7 Å². The van der Waals surface area contributed by atoms with Crippen molar-refractivity contribution < 1.29 is 9.90 Å². The number of aliphatic carboxylic acids is 1. The Kier molecular flexibility index (Phi) is 5.70. The third kappa shape index (κ3) is 4.97. The van der Waals surface area contributed by atoms with Crippen molar-refractivity contribution in [1.82, 2.24) is 20.2 Å². The van der Waals surface area contributed by atoms with E-state index in [0.29, 0.717) is 5.82 Å². The van der Waals surface area contributed by atoms with E-state index in [-0.39, 0.29) is 13.0 Å². The average molecular weight is 351 g/mol. The molecule has 0 radical (unpaired) electrons. The standard InChI is InChI=1S/C19H21N5O2/c20-17(12-18(25)26)13-24-22-19(21-23-24)16-8-4-7-15(11-16)10-9-14-5-2-1-3-6-14/h1-8,11,17H,9-10,12-13,20H2,(H,25,26)/t17-/m1/s1. The Morgan fingerprint density at radius 1 is 1.08 bits per heavy atom. The largest absolute Gasteiger partial charge is 0.481 e. The molecule has 0 unspecified atom stereocenters. The summed E-state index contributed by atoms with van der Waals surface area (Å²) in [5.41, 5.74) is 9.15. The molecule has 26 heavy (non-hydrogen) atoms. The van der Waals surface area contributed by atoms with E-state index in [1.54, 1.807) is 0 Å². The summed E-state index contributed by atoms with van der Waals surface area (Å²) >= 11 is 0. The van der Waals surface area contributed by atoms with Gasteiger partial charge >= 0.3 is 5.97 Å². The maximum absolute atomic E-state index is 10.7. The van der Waals surface area contributed by atoms with Crippen LogP contribution in [0.4, 0.5) is 0 Å². The zero-order valence-corrected chi connectivity index (χ0v) is 14.3. The minimum atomic E-state index is -0.941. The SMILES string of the molecule is N[C@H](CC(=O)O)Cn1nnc(-c2cccc(CCc3ccccc3)c2)n1. The predicted octanol–water partition coefficient (Wildman–Crippen LogP) is 1.93. The first-order valence-corrected chi connectivity index (χ1v) is 8.48. The number of carboxylic acid groups (broad SMARTS) is 1. The molecule has 1 atom stereocenters. The number of carbonyl (C=O) groups is 1. The van der Waals surface area contributed by atoms with E-state index in [4.69, 9.17) is 10.8 Å². The van der Waals surface area contributed by atoms with E-state index in [1.807, 2.05) is 30.3 Å². The molecule has 3 aromatic rings. The summed E-state index contributed by atoms with van der Waals surface area (Å²) in [5, 5.41) is 21.1. The lowest BCUT2D eigenvalue weighted by Crippen LogP contribution is -2.30. The highest BCUT2D eigenvalue weighted by Gasteiger charge is 2.12. The van der Waals surface area contributed by atoms with Crippen molar-refractivity contribution in [3.05, 3.63) is 65.7 Å². The number of nitrogens with two attached hydrogens (primary N) is 1.